The van der Waals surface area contributed by atoms with Crippen LogP contribution in [0.2, 0.25) is 0 Å². The molecule has 0 saturated heterocycles. The van der Waals surface area contributed by atoms with Crippen molar-refractivity contribution in [2.45, 2.75) is 9.79 Å². The summed E-state index contributed by atoms with van der Waals surface area (Å²) in [5.74, 6) is 0. The third-order valence-electron chi connectivity index (χ3n) is 4.53. The zero-order chi connectivity index (χ0) is 16.1. The molecule has 0 N–H and O–H groups in total. The van der Waals surface area contributed by atoms with Crippen LogP contribution in [0.15, 0.2) is 93.1 Å². The smallest absolute Gasteiger partial charge is 0.0207 e. The van der Waals surface area contributed by atoms with Gasteiger partial charge in [0.05, 0.1) is 0 Å². The zero-order valence-electron chi connectivity index (χ0n) is 12.8. The molecule has 24 heavy (non-hydrogen) atoms. The number of hydrogen-bond donors (Lipinski definition) is 0. The molecule has 1 aliphatic rings. The van der Waals surface area contributed by atoms with Crippen molar-refractivity contribution in [2.75, 3.05) is 0 Å². The SMILES string of the molecule is Brc1ccc(-c2ccc3c(c2)-c2cccc4cccc(c24)S3)cc1. The fraction of sp³-hybridized carbons (Fsp3) is 0. The van der Waals surface area contributed by atoms with Crippen LogP contribution in [0.3, 0.4) is 0 Å². The molecule has 0 spiro atoms. The summed E-state index contributed by atoms with van der Waals surface area (Å²) in [5.41, 5.74) is 5.19. The lowest BCUT2D eigenvalue weighted by Crippen LogP contribution is -1.93. The van der Waals surface area contributed by atoms with Gasteiger partial charge in [0.15, 0.2) is 0 Å². The molecule has 0 amide bonds. The average molecular weight is 389 g/mol. The van der Waals surface area contributed by atoms with Gasteiger partial charge in [-0.3, -0.25) is 0 Å². The molecule has 0 aromatic heterocycles. The van der Waals surface area contributed by atoms with Crippen molar-refractivity contribution in [1.29, 1.82) is 0 Å². The van der Waals surface area contributed by atoms with Gasteiger partial charge in [-0.1, -0.05) is 76.2 Å². The summed E-state index contributed by atoms with van der Waals surface area (Å²) >= 11 is 5.39. The van der Waals surface area contributed by atoms with E-state index in [0.29, 0.717) is 0 Å². The molecular formula is C22H13BrS. The van der Waals surface area contributed by atoms with Gasteiger partial charge in [0.2, 0.25) is 0 Å². The minimum atomic E-state index is 1.11. The summed E-state index contributed by atoms with van der Waals surface area (Å²) in [6, 6.07) is 28.5. The first kappa shape index (κ1) is 14.3. The van der Waals surface area contributed by atoms with E-state index in [1.54, 1.807) is 0 Å². The quantitative estimate of drug-likeness (QED) is 0.288. The first-order valence-corrected chi connectivity index (χ1v) is 9.50. The van der Waals surface area contributed by atoms with Crippen LogP contribution in [0.25, 0.3) is 33.0 Å². The number of halogens is 1. The molecule has 1 aliphatic heterocycles. The van der Waals surface area contributed by atoms with Gasteiger partial charge in [0, 0.05) is 19.6 Å². The van der Waals surface area contributed by atoms with Gasteiger partial charge in [-0.25, -0.2) is 0 Å². The molecule has 114 valence electrons. The molecule has 0 unspecified atom stereocenters. The minimum Gasteiger partial charge on any atom is -0.0888 e. The Balaban J connectivity index is 1.75. The predicted octanol–water partition coefficient (Wildman–Crippen LogP) is 7.40. The van der Waals surface area contributed by atoms with Crippen molar-refractivity contribution in [1.82, 2.24) is 0 Å². The monoisotopic (exact) mass is 388 g/mol. The standard InChI is InChI=1S/C22H13BrS/c23-17-10-7-14(8-11-17)16-9-12-20-19(13-16)18-5-1-3-15-4-2-6-21(24-20)22(15)18/h1-13H. The summed E-state index contributed by atoms with van der Waals surface area (Å²) in [6.45, 7) is 0. The summed E-state index contributed by atoms with van der Waals surface area (Å²) in [4.78, 5) is 2.69. The van der Waals surface area contributed by atoms with Crippen LogP contribution in [0.1, 0.15) is 0 Å². The van der Waals surface area contributed by atoms with E-state index in [-0.39, 0.29) is 0 Å². The van der Waals surface area contributed by atoms with E-state index >= 15 is 0 Å². The number of hydrogen-bond acceptors (Lipinski definition) is 1. The molecule has 0 bridgehead atoms. The van der Waals surface area contributed by atoms with E-state index in [1.165, 1.54) is 42.8 Å². The first-order chi connectivity index (χ1) is 11.8. The molecule has 0 fully saturated rings. The van der Waals surface area contributed by atoms with E-state index in [1.807, 2.05) is 11.8 Å². The molecule has 0 atom stereocenters. The Kier molecular flexibility index (Phi) is 3.29. The second-order valence-electron chi connectivity index (χ2n) is 5.98. The molecule has 1 heterocycles. The van der Waals surface area contributed by atoms with Crippen molar-refractivity contribution in [3.63, 3.8) is 0 Å². The van der Waals surface area contributed by atoms with Gasteiger partial charge in [-0.15, -0.1) is 0 Å². The van der Waals surface area contributed by atoms with Gasteiger partial charge < -0.3 is 0 Å². The third kappa shape index (κ3) is 2.21. The van der Waals surface area contributed by atoms with Gasteiger partial charge in [-0.05, 0) is 58.0 Å². The minimum absolute atomic E-state index is 1.11. The van der Waals surface area contributed by atoms with Gasteiger partial charge in [0.25, 0.3) is 0 Å². The maximum absolute atomic E-state index is 3.51. The topological polar surface area (TPSA) is 0 Å². The maximum atomic E-state index is 3.51. The van der Waals surface area contributed by atoms with Crippen LogP contribution in [0, 0.1) is 0 Å². The summed E-state index contributed by atoms with van der Waals surface area (Å²) in [5, 5.41) is 2.70. The highest BCUT2D eigenvalue weighted by Gasteiger charge is 2.19. The Morgan fingerprint density at radius 1 is 0.625 bits per heavy atom. The summed E-state index contributed by atoms with van der Waals surface area (Å²) in [7, 11) is 0. The van der Waals surface area contributed by atoms with Gasteiger partial charge in [-0.2, -0.15) is 0 Å². The van der Waals surface area contributed by atoms with Crippen molar-refractivity contribution in [3.8, 4) is 22.3 Å². The van der Waals surface area contributed by atoms with Gasteiger partial charge >= 0.3 is 0 Å². The Morgan fingerprint density at radius 3 is 2.21 bits per heavy atom. The molecule has 5 rings (SSSR count). The highest BCUT2D eigenvalue weighted by Crippen LogP contribution is 2.48. The second-order valence-corrected chi connectivity index (χ2v) is 7.98. The molecule has 0 aliphatic carbocycles. The molecule has 0 radical (unpaired) electrons. The van der Waals surface area contributed by atoms with Crippen molar-refractivity contribution < 1.29 is 0 Å². The van der Waals surface area contributed by atoms with E-state index < -0.39 is 0 Å². The van der Waals surface area contributed by atoms with Crippen molar-refractivity contribution in [3.05, 3.63) is 83.3 Å². The lowest BCUT2D eigenvalue weighted by molar-refractivity contribution is 1.39. The van der Waals surface area contributed by atoms with Crippen LogP contribution < -0.4 is 0 Å². The summed E-state index contributed by atoms with van der Waals surface area (Å²) < 4.78 is 1.11. The maximum Gasteiger partial charge on any atom is 0.0207 e. The number of fused-ring (bicyclic) bond motifs is 2. The van der Waals surface area contributed by atoms with Crippen LogP contribution in [-0.2, 0) is 0 Å². The molecule has 0 saturated carbocycles. The van der Waals surface area contributed by atoms with Crippen LogP contribution in [0.5, 0.6) is 0 Å². The van der Waals surface area contributed by atoms with E-state index in [9.17, 15) is 0 Å². The average Bonchev–Trinajstić information content (AvgIpc) is 2.63. The molecule has 2 heteroatoms. The number of rotatable bonds is 1. The van der Waals surface area contributed by atoms with E-state index in [0.717, 1.165) is 4.47 Å². The molecular weight excluding hydrogens is 376 g/mol. The van der Waals surface area contributed by atoms with Crippen LogP contribution in [-0.4, -0.2) is 0 Å². The molecule has 4 aromatic rings. The Bertz CT molecular complexity index is 1080. The lowest BCUT2D eigenvalue weighted by Gasteiger charge is -2.21. The third-order valence-corrected chi connectivity index (χ3v) is 6.20. The molecule has 4 aromatic carbocycles. The lowest BCUT2D eigenvalue weighted by atomic mass is 9.94. The zero-order valence-corrected chi connectivity index (χ0v) is 15.2. The highest BCUT2D eigenvalue weighted by molar-refractivity contribution is 9.10. The largest absolute Gasteiger partial charge is 0.0888 e. The Hall–Kier alpha value is -2.03. The Morgan fingerprint density at radius 2 is 1.38 bits per heavy atom. The van der Waals surface area contributed by atoms with Crippen molar-refractivity contribution in [2.24, 2.45) is 0 Å². The van der Waals surface area contributed by atoms with Gasteiger partial charge in [0.1, 0.15) is 0 Å². The number of benzene rings is 4. The van der Waals surface area contributed by atoms with Crippen molar-refractivity contribution >= 4 is 38.5 Å². The van der Waals surface area contributed by atoms with E-state index in [2.05, 4.69) is 94.8 Å². The van der Waals surface area contributed by atoms with Crippen LogP contribution in [0.4, 0.5) is 0 Å². The predicted molar refractivity (Wildman–Crippen MR) is 107 cm³/mol. The first-order valence-electron chi connectivity index (χ1n) is 7.89. The van der Waals surface area contributed by atoms with E-state index in [4.69, 9.17) is 0 Å². The normalized spacial score (nSPS) is 12.2. The Labute approximate surface area is 153 Å². The highest BCUT2D eigenvalue weighted by atomic mass is 79.9. The summed E-state index contributed by atoms with van der Waals surface area (Å²) in [6.07, 6.45) is 0. The van der Waals surface area contributed by atoms with Crippen LogP contribution >= 0.6 is 27.7 Å². The molecule has 0 nitrogen and oxygen atoms in total. The fourth-order valence-electron chi connectivity index (χ4n) is 3.39. The second kappa shape index (κ2) is 5.51. The fourth-order valence-corrected chi connectivity index (χ4v) is 4.78.